The number of hydrogen-bond donors (Lipinski definition) is 0. The van der Waals surface area contributed by atoms with Crippen molar-refractivity contribution < 1.29 is 13.7 Å². The van der Waals surface area contributed by atoms with Crippen molar-refractivity contribution in [1.29, 1.82) is 0 Å². The van der Waals surface area contributed by atoms with Gasteiger partial charge in [-0.25, -0.2) is 4.39 Å². The zero-order chi connectivity index (χ0) is 16.7. The first-order valence-corrected chi connectivity index (χ1v) is 8.39. The minimum absolute atomic E-state index is 0.450. The van der Waals surface area contributed by atoms with E-state index in [1.54, 1.807) is 17.5 Å². The van der Waals surface area contributed by atoms with Gasteiger partial charge < -0.3 is 9.31 Å². The SMILES string of the molecule is CC1(C)OB(C(F)=Cc2ccc(-c3cccs3)nc2)OC1(C)C. The smallest absolute Gasteiger partial charge is 0.398 e. The van der Waals surface area contributed by atoms with E-state index >= 15 is 0 Å². The maximum Gasteiger partial charge on any atom is 0.525 e. The molecule has 23 heavy (non-hydrogen) atoms. The maximum atomic E-state index is 14.4. The number of thiophene rings is 1. The molecule has 0 saturated carbocycles. The quantitative estimate of drug-likeness (QED) is 0.761. The molecular formula is C17H19BFNO2S. The third kappa shape index (κ3) is 3.25. The summed E-state index contributed by atoms with van der Waals surface area (Å²) in [6, 6.07) is 7.71. The molecule has 6 heteroatoms. The fourth-order valence-corrected chi connectivity index (χ4v) is 2.95. The van der Waals surface area contributed by atoms with Gasteiger partial charge in [-0.05, 0) is 56.8 Å². The molecule has 2 aromatic rings. The van der Waals surface area contributed by atoms with Crippen LogP contribution < -0.4 is 0 Å². The molecule has 1 saturated heterocycles. The minimum Gasteiger partial charge on any atom is -0.398 e. The van der Waals surface area contributed by atoms with Gasteiger partial charge in [0, 0.05) is 6.20 Å². The normalized spacial score (nSPS) is 20.0. The van der Waals surface area contributed by atoms with Crippen LogP contribution in [0, 0.1) is 0 Å². The van der Waals surface area contributed by atoms with Crippen LogP contribution in [-0.2, 0) is 9.31 Å². The predicted molar refractivity (Wildman–Crippen MR) is 92.7 cm³/mol. The molecular weight excluding hydrogens is 312 g/mol. The summed E-state index contributed by atoms with van der Waals surface area (Å²) in [4.78, 5) is 5.47. The van der Waals surface area contributed by atoms with E-state index in [9.17, 15) is 4.39 Å². The molecule has 1 aliphatic rings. The van der Waals surface area contributed by atoms with Gasteiger partial charge in [-0.2, -0.15) is 0 Å². The molecule has 0 aromatic carbocycles. The lowest BCUT2D eigenvalue weighted by atomic mass is 9.87. The zero-order valence-electron chi connectivity index (χ0n) is 13.7. The molecule has 0 radical (unpaired) electrons. The molecule has 1 fully saturated rings. The Labute approximate surface area is 140 Å². The Balaban J connectivity index is 1.77. The summed E-state index contributed by atoms with van der Waals surface area (Å²) in [5, 5.41) is 2.00. The van der Waals surface area contributed by atoms with E-state index in [2.05, 4.69) is 4.98 Å². The third-order valence-corrected chi connectivity index (χ3v) is 5.24. The fourth-order valence-electron chi connectivity index (χ4n) is 2.24. The van der Waals surface area contributed by atoms with Gasteiger partial charge >= 0.3 is 7.12 Å². The van der Waals surface area contributed by atoms with Gasteiger partial charge in [0.15, 0.2) is 0 Å². The molecule has 0 unspecified atom stereocenters. The van der Waals surface area contributed by atoms with Crippen molar-refractivity contribution in [2.75, 3.05) is 0 Å². The van der Waals surface area contributed by atoms with Crippen molar-refractivity contribution in [2.24, 2.45) is 0 Å². The van der Waals surface area contributed by atoms with Crippen molar-refractivity contribution in [3.63, 3.8) is 0 Å². The molecule has 3 nitrogen and oxygen atoms in total. The highest BCUT2D eigenvalue weighted by molar-refractivity contribution is 7.13. The van der Waals surface area contributed by atoms with E-state index in [4.69, 9.17) is 9.31 Å². The van der Waals surface area contributed by atoms with E-state index in [0.717, 1.165) is 10.6 Å². The summed E-state index contributed by atoms with van der Waals surface area (Å²) >= 11 is 1.62. The van der Waals surface area contributed by atoms with Gasteiger partial charge in [-0.15, -0.1) is 11.3 Å². The predicted octanol–water partition coefficient (Wildman–Crippen LogP) is 4.75. The van der Waals surface area contributed by atoms with E-state index in [1.165, 1.54) is 6.08 Å². The first-order valence-electron chi connectivity index (χ1n) is 7.51. The average molecular weight is 331 g/mol. The number of nitrogens with zero attached hydrogens (tertiary/aromatic N) is 1. The van der Waals surface area contributed by atoms with Gasteiger partial charge in [-0.3, -0.25) is 4.98 Å². The Hall–Kier alpha value is -1.50. The summed E-state index contributed by atoms with van der Waals surface area (Å²) in [5.74, 6) is 0. The second kappa shape index (κ2) is 5.85. The number of aromatic nitrogens is 1. The number of pyridine rings is 1. The van der Waals surface area contributed by atoms with E-state index in [-0.39, 0.29) is 0 Å². The van der Waals surface area contributed by atoms with Crippen LogP contribution in [0.2, 0.25) is 0 Å². The highest BCUT2D eigenvalue weighted by Crippen LogP contribution is 2.39. The summed E-state index contributed by atoms with van der Waals surface area (Å²) < 4.78 is 25.8. The van der Waals surface area contributed by atoms with Crippen LogP contribution in [0.3, 0.4) is 0 Å². The van der Waals surface area contributed by atoms with E-state index in [0.29, 0.717) is 5.56 Å². The molecule has 120 valence electrons. The molecule has 0 N–H and O–H groups in total. The summed E-state index contributed by atoms with van der Waals surface area (Å²) in [7, 11) is -0.975. The Morgan fingerprint density at radius 1 is 1.17 bits per heavy atom. The van der Waals surface area contributed by atoms with Crippen LogP contribution in [0.15, 0.2) is 41.6 Å². The number of halogens is 1. The molecule has 0 aliphatic carbocycles. The van der Waals surface area contributed by atoms with Gasteiger partial charge in [0.2, 0.25) is 0 Å². The summed E-state index contributed by atoms with van der Waals surface area (Å²) in [6.07, 6.45) is 3.06. The largest absolute Gasteiger partial charge is 0.525 e. The van der Waals surface area contributed by atoms with Crippen molar-refractivity contribution in [1.82, 2.24) is 4.98 Å². The second-order valence-corrected chi connectivity index (χ2v) is 7.52. The van der Waals surface area contributed by atoms with E-state index < -0.39 is 24.0 Å². The molecule has 0 bridgehead atoms. The Morgan fingerprint density at radius 2 is 1.87 bits per heavy atom. The van der Waals surface area contributed by atoms with Crippen LogP contribution in [0.5, 0.6) is 0 Å². The van der Waals surface area contributed by atoms with Crippen molar-refractivity contribution in [2.45, 2.75) is 38.9 Å². The van der Waals surface area contributed by atoms with Crippen LogP contribution in [0.1, 0.15) is 33.3 Å². The molecule has 0 atom stereocenters. The monoisotopic (exact) mass is 331 g/mol. The average Bonchev–Trinajstić information content (AvgIpc) is 3.07. The number of rotatable bonds is 3. The summed E-state index contributed by atoms with van der Waals surface area (Å²) in [6.45, 7) is 7.60. The Bertz CT molecular complexity index is 695. The summed E-state index contributed by atoms with van der Waals surface area (Å²) in [5.41, 5.74) is 0.00822. The van der Waals surface area contributed by atoms with Gasteiger partial charge in [0.25, 0.3) is 0 Å². The Kier molecular flexibility index (Phi) is 4.17. The standard InChI is InChI=1S/C17H19BFNO2S/c1-16(2)17(3,4)22-18(21-16)15(19)10-12-7-8-13(20-11-12)14-6-5-9-23-14/h5-11H,1-4H3. The Morgan fingerprint density at radius 3 is 2.39 bits per heavy atom. The maximum absolute atomic E-state index is 14.4. The molecule has 3 rings (SSSR count). The topological polar surface area (TPSA) is 31.4 Å². The van der Waals surface area contributed by atoms with Crippen LogP contribution in [0.25, 0.3) is 16.6 Å². The molecule has 3 heterocycles. The van der Waals surface area contributed by atoms with Crippen LogP contribution in [0.4, 0.5) is 4.39 Å². The number of hydrogen-bond acceptors (Lipinski definition) is 4. The van der Waals surface area contributed by atoms with Gasteiger partial charge in [0.1, 0.15) is 5.73 Å². The van der Waals surface area contributed by atoms with Gasteiger partial charge in [0.05, 0.1) is 21.8 Å². The molecule has 0 amide bonds. The molecule has 0 spiro atoms. The molecule has 2 aromatic heterocycles. The third-order valence-electron chi connectivity index (χ3n) is 4.34. The molecule has 1 aliphatic heterocycles. The lowest BCUT2D eigenvalue weighted by molar-refractivity contribution is 0.00578. The first-order chi connectivity index (χ1) is 10.8. The van der Waals surface area contributed by atoms with Crippen molar-refractivity contribution in [3.05, 3.63) is 47.1 Å². The van der Waals surface area contributed by atoms with Gasteiger partial charge in [-0.1, -0.05) is 12.1 Å². The first kappa shape index (κ1) is 16.4. The van der Waals surface area contributed by atoms with Crippen LogP contribution >= 0.6 is 11.3 Å². The lowest BCUT2D eigenvalue weighted by Crippen LogP contribution is -2.41. The fraction of sp³-hybridized carbons (Fsp3) is 0.353. The van der Waals surface area contributed by atoms with Crippen molar-refractivity contribution in [3.8, 4) is 10.6 Å². The zero-order valence-corrected chi connectivity index (χ0v) is 14.5. The minimum atomic E-state index is -0.975. The lowest BCUT2D eigenvalue weighted by Gasteiger charge is -2.32. The second-order valence-electron chi connectivity index (χ2n) is 6.57. The highest BCUT2D eigenvalue weighted by atomic mass is 32.1. The highest BCUT2D eigenvalue weighted by Gasteiger charge is 2.53. The van der Waals surface area contributed by atoms with E-state index in [1.807, 2.05) is 57.3 Å². The van der Waals surface area contributed by atoms with Crippen molar-refractivity contribution >= 4 is 24.5 Å². The van der Waals surface area contributed by atoms with Crippen LogP contribution in [-0.4, -0.2) is 23.3 Å².